The van der Waals surface area contributed by atoms with Gasteiger partial charge in [0.25, 0.3) is 5.91 Å². The van der Waals surface area contributed by atoms with E-state index in [-0.39, 0.29) is 5.91 Å². The Labute approximate surface area is 88.1 Å². The third-order valence-electron chi connectivity index (χ3n) is 1.81. The number of rotatable bonds is 5. The lowest BCUT2D eigenvalue weighted by atomic mass is 10.2. The predicted octanol–water partition coefficient (Wildman–Crippen LogP) is 1.76. The van der Waals surface area contributed by atoms with Crippen LogP contribution in [0.15, 0.2) is 17.5 Å². The number of methoxy groups -OCH3 is 1. The maximum Gasteiger partial charge on any atom is 0.261 e. The van der Waals surface area contributed by atoms with Crippen molar-refractivity contribution in [1.29, 1.82) is 0 Å². The molecule has 0 aliphatic rings. The van der Waals surface area contributed by atoms with Gasteiger partial charge in [-0.15, -0.1) is 11.3 Å². The highest BCUT2D eigenvalue weighted by Gasteiger charge is 2.07. The topological polar surface area (TPSA) is 38.3 Å². The molecule has 1 N–H and O–H groups in total. The molecule has 14 heavy (non-hydrogen) atoms. The standard InChI is InChI=1S/C10H15NO2S/c1-8(7-13-2)6-11-10(12)9-4-3-5-14-9/h3-5,8H,6-7H2,1-2H3,(H,11,12). The summed E-state index contributed by atoms with van der Waals surface area (Å²) in [4.78, 5) is 12.2. The van der Waals surface area contributed by atoms with Crippen LogP contribution in [0, 0.1) is 5.92 Å². The van der Waals surface area contributed by atoms with Crippen LogP contribution in [0.4, 0.5) is 0 Å². The molecule has 4 heteroatoms. The van der Waals surface area contributed by atoms with E-state index in [9.17, 15) is 4.79 Å². The van der Waals surface area contributed by atoms with Gasteiger partial charge in [-0.25, -0.2) is 0 Å². The van der Waals surface area contributed by atoms with Crippen molar-refractivity contribution < 1.29 is 9.53 Å². The van der Waals surface area contributed by atoms with E-state index in [4.69, 9.17) is 4.74 Å². The van der Waals surface area contributed by atoms with Gasteiger partial charge >= 0.3 is 0 Å². The van der Waals surface area contributed by atoms with Gasteiger partial charge in [0, 0.05) is 13.7 Å². The van der Waals surface area contributed by atoms with Crippen molar-refractivity contribution in [3.8, 4) is 0 Å². The summed E-state index contributed by atoms with van der Waals surface area (Å²) in [6.45, 7) is 3.37. The lowest BCUT2D eigenvalue weighted by Crippen LogP contribution is -2.29. The number of ether oxygens (including phenoxy) is 1. The maximum absolute atomic E-state index is 11.5. The van der Waals surface area contributed by atoms with Crippen molar-refractivity contribution >= 4 is 17.2 Å². The number of amides is 1. The van der Waals surface area contributed by atoms with Crippen molar-refractivity contribution in [1.82, 2.24) is 5.32 Å². The summed E-state index contributed by atoms with van der Waals surface area (Å²) >= 11 is 1.45. The van der Waals surface area contributed by atoms with Gasteiger partial charge in [0.1, 0.15) is 0 Å². The van der Waals surface area contributed by atoms with E-state index < -0.39 is 0 Å². The third-order valence-corrected chi connectivity index (χ3v) is 2.68. The zero-order valence-corrected chi connectivity index (χ0v) is 9.26. The molecule has 0 aromatic carbocycles. The Morgan fingerprint density at radius 2 is 2.50 bits per heavy atom. The van der Waals surface area contributed by atoms with Crippen molar-refractivity contribution in [2.45, 2.75) is 6.92 Å². The van der Waals surface area contributed by atoms with Gasteiger partial charge in [-0.2, -0.15) is 0 Å². The molecule has 1 aromatic rings. The van der Waals surface area contributed by atoms with Crippen LogP contribution in [0.5, 0.6) is 0 Å². The summed E-state index contributed by atoms with van der Waals surface area (Å²) in [5.41, 5.74) is 0. The smallest absolute Gasteiger partial charge is 0.261 e. The van der Waals surface area contributed by atoms with Gasteiger partial charge in [-0.1, -0.05) is 13.0 Å². The van der Waals surface area contributed by atoms with Crippen molar-refractivity contribution in [2.75, 3.05) is 20.3 Å². The Morgan fingerprint density at radius 3 is 3.07 bits per heavy atom. The van der Waals surface area contributed by atoms with E-state index in [0.29, 0.717) is 19.1 Å². The first kappa shape index (κ1) is 11.2. The van der Waals surface area contributed by atoms with Crippen LogP contribution >= 0.6 is 11.3 Å². The molecule has 0 saturated carbocycles. The first-order chi connectivity index (χ1) is 6.74. The van der Waals surface area contributed by atoms with Gasteiger partial charge in [-0.3, -0.25) is 4.79 Å². The predicted molar refractivity (Wildman–Crippen MR) is 57.7 cm³/mol. The zero-order valence-electron chi connectivity index (χ0n) is 8.45. The molecule has 1 atom stereocenters. The van der Waals surface area contributed by atoms with Crippen LogP contribution in [0.25, 0.3) is 0 Å². The van der Waals surface area contributed by atoms with Crippen LogP contribution in [-0.2, 0) is 4.74 Å². The average Bonchev–Trinajstić information content (AvgIpc) is 2.67. The van der Waals surface area contributed by atoms with E-state index in [1.807, 2.05) is 24.4 Å². The monoisotopic (exact) mass is 213 g/mol. The van der Waals surface area contributed by atoms with E-state index in [0.717, 1.165) is 4.88 Å². The van der Waals surface area contributed by atoms with Gasteiger partial charge < -0.3 is 10.1 Å². The molecule has 1 unspecified atom stereocenters. The minimum absolute atomic E-state index is 0.00273. The molecule has 3 nitrogen and oxygen atoms in total. The SMILES string of the molecule is COCC(C)CNC(=O)c1cccs1. The van der Waals surface area contributed by atoms with Gasteiger partial charge in [0.2, 0.25) is 0 Å². The molecule has 0 saturated heterocycles. The fraction of sp³-hybridized carbons (Fsp3) is 0.500. The molecule has 1 amide bonds. The minimum Gasteiger partial charge on any atom is -0.384 e. The molecule has 0 bridgehead atoms. The first-order valence-electron chi connectivity index (χ1n) is 4.54. The molecule has 0 fully saturated rings. The van der Waals surface area contributed by atoms with E-state index in [1.54, 1.807) is 7.11 Å². The maximum atomic E-state index is 11.5. The summed E-state index contributed by atoms with van der Waals surface area (Å²) in [6, 6.07) is 3.69. The highest BCUT2D eigenvalue weighted by atomic mass is 32.1. The Kier molecular flexibility index (Phi) is 4.62. The molecule has 1 aromatic heterocycles. The number of hydrogen-bond acceptors (Lipinski definition) is 3. The quantitative estimate of drug-likeness (QED) is 0.809. The highest BCUT2D eigenvalue weighted by molar-refractivity contribution is 7.12. The Hall–Kier alpha value is -0.870. The van der Waals surface area contributed by atoms with Gasteiger partial charge in [-0.05, 0) is 17.4 Å². The van der Waals surface area contributed by atoms with Crippen molar-refractivity contribution in [3.05, 3.63) is 22.4 Å². The first-order valence-corrected chi connectivity index (χ1v) is 5.42. The zero-order chi connectivity index (χ0) is 10.4. The molecule has 1 rings (SSSR count). The molecular weight excluding hydrogens is 198 g/mol. The Bertz CT molecular complexity index is 272. The molecule has 0 aliphatic carbocycles. The van der Waals surface area contributed by atoms with E-state index in [1.165, 1.54) is 11.3 Å². The molecule has 0 aliphatic heterocycles. The molecule has 78 valence electrons. The number of carbonyl (C=O) groups is 1. The summed E-state index contributed by atoms with van der Waals surface area (Å²) in [7, 11) is 1.66. The van der Waals surface area contributed by atoms with Crippen LogP contribution in [0.2, 0.25) is 0 Å². The number of hydrogen-bond donors (Lipinski definition) is 1. The second kappa shape index (κ2) is 5.78. The fourth-order valence-electron chi connectivity index (χ4n) is 1.11. The summed E-state index contributed by atoms with van der Waals surface area (Å²) < 4.78 is 4.98. The summed E-state index contributed by atoms with van der Waals surface area (Å²) in [5.74, 6) is 0.354. The van der Waals surface area contributed by atoms with Gasteiger partial charge in [0.15, 0.2) is 0 Å². The van der Waals surface area contributed by atoms with E-state index in [2.05, 4.69) is 5.32 Å². The molecule has 1 heterocycles. The number of thiophene rings is 1. The van der Waals surface area contributed by atoms with Crippen LogP contribution in [0.3, 0.4) is 0 Å². The van der Waals surface area contributed by atoms with Crippen molar-refractivity contribution in [3.63, 3.8) is 0 Å². The Balaban J connectivity index is 2.28. The third kappa shape index (κ3) is 3.47. The largest absolute Gasteiger partial charge is 0.384 e. The van der Waals surface area contributed by atoms with Crippen LogP contribution in [0.1, 0.15) is 16.6 Å². The van der Waals surface area contributed by atoms with E-state index >= 15 is 0 Å². The normalized spacial score (nSPS) is 12.4. The molecule has 0 radical (unpaired) electrons. The summed E-state index contributed by atoms with van der Waals surface area (Å²) in [5, 5.41) is 4.76. The van der Waals surface area contributed by atoms with Crippen molar-refractivity contribution in [2.24, 2.45) is 5.92 Å². The second-order valence-electron chi connectivity index (χ2n) is 3.25. The summed E-state index contributed by atoms with van der Waals surface area (Å²) in [6.07, 6.45) is 0. The molecular formula is C10H15NO2S. The minimum atomic E-state index is 0.00273. The van der Waals surface area contributed by atoms with Gasteiger partial charge in [0.05, 0.1) is 11.5 Å². The second-order valence-corrected chi connectivity index (χ2v) is 4.20. The van der Waals surface area contributed by atoms with Crippen LogP contribution in [-0.4, -0.2) is 26.2 Å². The highest BCUT2D eigenvalue weighted by Crippen LogP contribution is 2.07. The Morgan fingerprint density at radius 1 is 1.71 bits per heavy atom. The number of nitrogens with one attached hydrogen (secondary N) is 1. The number of carbonyl (C=O) groups excluding carboxylic acids is 1. The lowest BCUT2D eigenvalue weighted by molar-refractivity contribution is 0.0938. The lowest BCUT2D eigenvalue weighted by Gasteiger charge is -2.10. The average molecular weight is 213 g/mol. The molecule has 0 spiro atoms. The fourth-order valence-corrected chi connectivity index (χ4v) is 1.75. The van der Waals surface area contributed by atoms with Crippen LogP contribution < -0.4 is 5.32 Å².